The highest BCUT2D eigenvalue weighted by molar-refractivity contribution is 5.70. The summed E-state index contributed by atoms with van der Waals surface area (Å²) in [6.07, 6.45) is 6.45. The van der Waals surface area contributed by atoms with Crippen LogP contribution in [0.5, 0.6) is 0 Å². The molecule has 1 heterocycles. The number of rotatable bonds is 2. The van der Waals surface area contributed by atoms with Crippen molar-refractivity contribution in [2.24, 2.45) is 5.92 Å². The number of nitrogens with zero attached hydrogens (tertiary/aromatic N) is 1. The van der Waals surface area contributed by atoms with Crippen molar-refractivity contribution in [3.05, 3.63) is 0 Å². The Morgan fingerprint density at radius 3 is 2.59 bits per heavy atom. The van der Waals surface area contributed by atoms with Gasteiger partial charge >= 0.3 is 5.97 Å². The summed E-state index contributed by atoms with van der Waals surface area (Å²) in [5.41, 5.74) is 0. The van der Waals surface area contributed by atoms with Crippen LogP contribution in [0.25, 0.3) is 0 Å². The molecule has 4 nitrogen and oxygen atoms in total. The molecule has 0 spiro atoms. The Bertz CT molecular complexity index is 264. The number of carbonyl (C=O) groups is 1. The summed E-state index contributed by atoms with van der Waals surface area (Å²) >= 11 is 0. The molecule has 0 bridgehead atoms. The van der Waals surface area contributed by atoms with E-state index in [0.29, 0.717) is 25.2 Å². The quantitative estimate of drug-likeness (QED) is 0.764. The van der Waals surface area contributed by atoms with Crippen LogP contribution in [0.3, 0.4) is 0 Å². The van der Waals surface area contributed by atoms with Gasteiger partial charge in [-0.3, -0.25) is 9.69 Å². The lowest BCUT2D eigenvalue weighted by Gasteiger charge is -2.38. The van der Waals surface area contributed by atoms with Gasteiger partial charge in [-0.15, -0.1) is 0 Å². The zero-order valence-corrected chi connectivity index (χ0v) is 10.7. The molecular weight excluding hydrogens is 216 g/mol. The molecular formula is C13H24N2O2. The monoisotopic (exact) mass is 240 g/mol. The summed E-state index contributed by atoms with van der Waals surface area (Å²) in [5.74, 6) is -0.908. The van der Waals surface area contributed by atoms with Gasteiger partial charge in [-0.25, -0.2) is 0 Å². The standard InChI is InChI=1S/C13H24N2O2/c1-10-7-14-8-11(13(16)17)9-15(10)12-5-3-2-4-6-12/h10-12,14H,2-9H2,1H3,(H,16,17). The topological polar surface area (TPSA) is 52.6 Å². The SMILES string of the molecule is CC1CNCC(C(=O)O)CN1C1CCCCC1. The second kappa shape index (κ2) is 5.83. The van der Waals surface area contributed by atoms with E-state index in [2.05, 4.69) is 17.1 Å². The van der Waals surface area contributed by atoms with Crippen molar-refractivity contribution in [2.75, 3.05) is 19.6 Å². The normalized spacial score (nSPS) is 33.2. The highest BCUT2D eigenvalue weighted by Gasteiger charge is 2.32. The third kappa shape index (κ3) is 3.19. The number of carboxylic acid groups (broad SMARTS) is 1. The lowest BCUT2D eigenvalue weighted by atomic mass is 9.92. The number of carboxylic acids is 1. The van der Waals surface area contributed by atoms with Crippen molar-refractivity contribution in [3.63, 3.8) is 0 Å². The fraction of sp³-hybridized carbons (Fsp3) is 0.923. The molecule has 17 heavy (non-hydrogen) atoms. The number of hydrogen-bond donors (Lipinski definition) is 2. The van der Waals surface area contributed by atoms with Crippen LogP contribution in [0, 0.1) is 5.92 Å². The second-order valence-electron chi connectivity index (χ2n) is 5.53. The van der Waals surface area contributed by atoms with Gasteiger partial charge in [-0.1, -0.05) is 19.3 Å². The van der Waals surface area contributed by atoms with E-state index in [1.54, 1.807) is 0 Å². The number of nitrogens with one attached hydrogen (secondary N) is 1. The van der Waals surface area contributed by atoms with Gasteiger partial charge in [0.15, 0.2) is 0 Å². The van der Waals surface area contributed by atoms with E-state index in [0.717, 1.165) is 6.54 Å². The second-order valence-corrected chi connectivity index (χ2v) is 5.53. The van der Waals surface area contributed by atoms with Gasteiger partial charge in [0.1, 0.15) is 0 Å². The largest absolute Gasteiger partial charge is 0.481 e. The van der Waals surface area contributed by atoms with E-state index in [-0.39, 0.29) is 5.92 Å². The third-order valence-electron chi connectivity index (χ3n) is 4.22. The highest BCUT2D eigenvalue weighted by Crippen LogP contribution is 2.25. The summed E-state index contributed by atoms with van der Waals surface area (Å²) in [6.45, 7) is 4.46. The van der Waals surface area contributed by atoms with Crippen molar-refractivity contribution >= 4 is 5.97 Å². The van der Waals surface area contributed by atoms with Gasteiger partial charge in [0.2, 0.25) is 0 Å². The number of aliphatic carboxylic acids is 1. The average Bonchev–Trinajstić information content (AvgIpc) is 2.52. The lowest BCUT2D eigenvalue weighted by molar-refractivity contribution is -0.142. The van der Waals surface area contributed by atoms with Gasteiger partial charge in [0.25, 0.3) is 0 Å². The minimum atomic E-state index is -0.660. The Balaban J connectivity index is 2.02. The van der Waals surface area contributed by atoms with Crippen molar-refractivity contribution < 1.29 is 9.90 Å². The minimum absolute atomic E-state index is 0.248. The van der Waals surface area contributed by atoms with Gasteiger partial charge in [0.05, 0.1) is 5.92 Å². The Hall–Kier alpha value is -0.610. The van der Waals surface area contributed by atoms with Crippen LogP contribution in [0.1, 0.15) is 39.0 Å². The Morgan fingerprint density at radius 2 is 1.94 bits per heavy atom. The third-order valence-corrected chi connectivity index (χ3v) is 4.22. The molecule has 2 atom stereocenters. The molecule has 2 N–H and O–H groups in total. The van der Waals surface area contributed by atoms with Crippen molar-refractivity contribution in [3.8, 4) is 0 Å². The molecule has 2 rings (SSSR count). The number of hydrogen-bond acceptors (Lipinski definition) is 3. The van der Waals surface area contributed by atoms with E-state index >= 15 is 0 Å². The fourth-order valence-electron chi connectivity index (χ4n) is 3.17. The van der Waals surface area contributed by atoms with Crippen molar-refractivity contribution in [1.82, 2.24) is 10.2 Å². The van der Waals surface area contributed by atoms with Crippen molar-refractivity contribution in [1.29, 1.82) is 0 Å². The predicted octanol–water partition coefficient (Wildman–Crippen LogP) is 1.31. The molecule has 1 saturated heterocycles. The van der Waals surface area contributed by atoms with Crippen LogP contribution in [-0.4, -0.2) is 47.7 Å². The van der Waals surface area contributed by atoms with Gasteiger partial charge in [0, 0.05) is 31.7 Å². The van der Waals surface area contributed by atoms with Crippen LogP contribution in [-0.2, 0) is 4.79 Å². The highest BCUT2D eigenvalue weighted by atomic mass is 16.4. The summed E-state index contributed by atoms with van der Waals surface area (Å²) in [6, 6.07) is 1.07. The van der Waals surface area contributed by atoms with Gasteiger partial charge < -0.3 is 10.4 Å². The summed E-state index contributed by atoms with van der Waals surface area (Å²) < 4.78 is 0. The minimum Gasteiger partial charge on any atom is -0.481 e. The van der Waals surface area contributed by atoms with Gasteiger partial charge in [-0.05, 0) is 19.8 Å². The smallest absolute Gasteiger partial charge is 0.309 e. The van der Waals surface area contributed by atoms with E-state index in [1.165, 1.54) is 32.1 Å². The van der Waals surface area contributed by atoms with E-state index < -0.39 is 5.97 Å². The van der Waals surface area contributed by atoms with Crippen LogP contribution in [0.15, 0.2) is 0 Å². The van der Waals surface area contributed by atoms with Crippen LogP contribution in [0.2, 0.25) is 0 Å². The van der Waals surface area contributed by atoms with Crippen LogP contribution in [0.4, 0.5) is 0 Å². The molecule has 98 valence electrons. The summed E-state index contributed by atoms with van der Waals surface area (Å²) in [4.78, 5) is 13.6. The van der Waals surface area contributed by atoms with Gasteiger partial charge in [-0.2, -0.15) is 0 Å². The first-order valence-corrected chi connectivity index (χ1v) is 6.87. The zero-order chi connectivity index (χ0) is 12.3. The van der Waals surface area contributed by atoms with Crippen LogP contribution >= 0.6 is 0 Å². The molecule has 1 aliphatic carbocycles. The Labute approximate surface area is 103 Å². The molecule has 1 saturated carbocycles. The summed E-state index contributed by atoms with van der Waals surface area (Å²) in [5, 5.41) is 12.5. The Morgan fingerprint density at radius 1 is 1.24 bits per heavy atom. The molecule has 0 aromatic heterocycles. The molecule has 1 aliphatic heterocycles. The average molecular weight is 240 g/mol. The maximum absolute atomic E-state index is 11.2. The predicted molar refractivity (Wildman–Crippen MR) is 67.0 cm³/mol. The molecule has 2 fully saturated rings. The molecule has 4 heteroatoms. The Kier molecular flexibility index (Phi) is 4.40. The first-order chi connectivity index (χ1) is 8.18. The summed E-state index contributed by atoms with van der Waals surface area (Å²) in [7, 11) is 0. The maximum atomic E-state index is 11.2. The molecule has 0 radical (unpaired) electrons. The van der Waals surface area contributed by atoms with E-state index in [1.807, 2.05) is 0 Å². The zero-order valence-electron chi connectivity index (χ0n) is 10.7. The molecule has 0 amide bonds. The first-order valence-electron chi connectivity index (χ1n) is 6.87. The first kappa shape index (κ1) is 12.8. The molecule has 2 unspecified atom stereocenters. The maximum Gasteiger partial charge on any atom is 0.309 e. The fourth-order valence-corrected chi connectivity index (χ4v) is 3.17. The van der Waals surface area contributed by atoms with E-state index in [4.69, 9.17) is 0 Å². The lowest BCUT2D eigenvalue weighted by Crippen LogP contribution is -2.46. The van der Waals surface area contributed by atoms with Crippen LogP contribution < -0.4 is 5.32 Å². The molecule has 2 aliphatic rings. The molecule has 0 aromatic rings. The molecule has 0 aromatic carbocycles. The van der Waals surface area contributed by atoms with E-state index in [9.17, 15) is 9.90 Å². The van der Waals surface area contributed by atoms with Crippen molar-refractivity contribution in [2.45, 2.75) is 51.1 Å².